The lowest BCUT2D eigenvalue weighted by Gasteiger charge is -2.23. The highest BCUT2D eigenvalue weighted by molar-refractivity contribution is 6.46. The van der Waals surface area contributed by atoms with E-state index in [0.717, 1.165) is 4.90 Å². The van der Waals surface area contributed by atoms with Crippen LogP contribution in [0.15, 0.2) is 54.1 Å². The quantitative estimate of drug-likeness (QED) is 0.372. The second-order valence-corrected chi connectivity index (χ2v) is 6.07. The van der Waals surface area contributed by atoms with Gasteiger partial charge in [0.2, 0.25) is 0 Å². The smallest absolute Gasteiger partial charge is 0.296 e. The van der Waals surface area contributed by atoms with Gasteiger partial charge in [-0.3, -0.25) is 9.59 Å². The number of ether oxygens (including phenoxy) is 2. The van der Waals surface area contributed by atoms with Gasteiger partial charge in [0.25, 0.3) is 11.7 Å². The number of hydrogen-bond donors (Lipinski definition) is 1. The van der Waals surface area contributed by atoms with Crippen molar-refractivity contribution in [2.45, 2.75) is 6.04 Å². The molecule has 1 atom stereocenters. The molecule has 1 heterocycles. The average molecular weight is 378 g/mol. The van der Waals surface area contributed by atoms with E-state index in [2.05, 4.69) is 0 Å². The van der Waals surface area contributed by atoms with Crippen molar-refractivity contribution >= 4 is 17.4 Å². The van der Waals surface area contributed by atoms with E-state index < -0.39 is 17.7 Å². The molecule has 28 heavy (non-hydrogen) atoms. The molecule has 0 radical (unpaired) electrons. The number of aliphatic hydroxyl groups excluding tert-OH is 1. The molecule has 142 valence electrons. The molecule has 7 nitrogen and oxygen atoms in total. The van der Waals surface area contributed by atoms with Crippen LogP contribution in [-0.2, 0) is 9.59 Å². The van der Waals surface area contributed by atoms with E-state index in [1.54, 1.807) is 48.5 Å². The molecule has 0 saturated carbocycles. The van der Waals surface area contributed by atoms with E-state index in [4.69, 9.17) is 14.7 Å². The maximum absolute atomic E-state index is 12.7. The largest absolute Gasteiger partial charge is 0.507 e. The van der Waals surface area contributed by atoms with Gasteiger partial charge in [0.05, 0.1) is 31.9 Å². The summed E-state index contributed by atoms with van der Waals surface area (Å²) in [6.45, 7) is -0.296. The number of hydrogen-bond acceptors (Lipinski definition) is 6. The molecule has 1 N–H and O–H groups in total. The number of carbonyl (C=O) groups excluding carboxylic acids is 2. The molecule has 1 fully saturated rings. The third kappa shape index (κ3) is 3.16. The van der Waals surface area contributed by atoms with Gasteiger partial charge in [0.15, 0.2) is 11.5 Å². The lowest BCUT2D eigenvalue weighted by Crippen LogP contribution is -2.30. The van der Waals surface area contributed by atoms with Crippen LogP contribution in [0.1, 0.15) is 17.2 Å². The number of aliphatic hydroxyl groups is 1. The van der Waals surface area contributed by atoms with E-state index >= 15 is 0 Å². The topological polar surface area (TPSA) is 99.9 Å². The lowest BCUT2D eigenvalue weighted by atomic mass is 9.95. The molecular weight excluding hydrogens is 360 g/mol. The van der Waals surface area contributed by atoms with Crippen molar-refractivity contribution < 1.29 is 24.2 Å². The first-order valence-corrected chi connectivity index (χ1v) is 8.46. The number of Topliss-reactive ketones (excluding diaryl/α,β-unsaturated/α-hetero) is 1. The fraction of sp³-hybridized carbons (Fsp3) is 0.190. The van der Waals surface area contributed by atoms with Gasteiger partial charge in [-0.05, 0) is 17.7 Å². The van der Waals surface area contributed by atoms with E-state index in [1.165, 1.54) is 14.2 Å². The Morgan fingerprint density at radius 2 is 1.79 bits per heavy atom. The SMILES string of the molecule is COc1ccc(C2/C(=C(\O)c3ccccc3)C(=O)C(=O)N2CC#N)cc1OC. The Morgan fingerprint density at radius 1 is 1.11 bits per heavy atom. The molecule has 0 aromatic heterocycles. The van der Waals surface area contributed by atoms with Gasteiger partial charge in [-0.2, -0.15) is 5.26 Å². The Morgan fingerprint density at radius 3 is 2.39 bits per heavy atom. The molecule has 1 amide bonds. The first-order valence-electron chi connectivity index (χ1n) is 8.46. The molecule has 1 unspecified atom stereocenters. The fourth-order valence-corrected chi connectivity index (χ4v) is 3.24. The van der Waals surface area contributed by atoms with Crippen LogP contribution in [0.2, 0.25) is 0 Å². The van der Waals surface area contributed by atoms with Crippen molar-refractivity contribution in [2.24, 2.45) is 0 Å². The summed E-state index contributed by atoms with van der Waals surface area (Å²) in [6, 6.07) is 14.4. The lowest BCUT2D eigenvalue weighted by molar-refractivity contribution is -0.139. The van der Waals surface area contributed by atoms with Crippen LogP contribution in [-0.4, -0.2) is 42.5 Å². The number of methoxy groups -OCH3 is 2. The maximum Gasteiger partial charge on any atom is 0.296 e. The van der Waals surface area contributed by atoms with Crippen molar-refractivity contribution in [3.05, 3.63) is 65.2 Å². The number of carbonyl (C=O) groups is 2. The van der Waals surface area contributed by atoms with Gasteiger partial charge in [-0.15, -0.1) is 0 Å². The van der Waals surface area contributed by atoms with Crippen molar-refractivity contribution in [3.63, 3.8) is 0 Å². The van der Waals surface area contributed by atoms with Gasteiger partial charge in [0.1, 0.15) is 12.3 Å². The predicted molar refractivity (Wildman–Crippen MR) is 101 cm³/mol. The first-order chi connectivity index (χ1) is 13.5. The third-order valence-electron chi connectivity index (χ3n) is 4.55. The molecule has 7 heteroatoms. The van der Waals surface area contributed by atoms with Crippen LogP contribution in [0.25, 0.3) is 5.76 Å². The van der Waals surface area contributed by atoms with Gasteiger partial charge in [0, 0.05) is 5.56 Å². The summed E-state index contributed by atoms with van der Waals surface area (Å²) in [5, 5.41) is 19.9. The van der Waals surface area contributed by atoms with Crippen LogP contribution in [0, 0.1) is 11.3 Å². The summed E-state index contributed by atoms with van der Waals surface area (Å²) in [5.41, 5.74) is 0.853. The van der Waals surface area contributed by atoms with E-state index in [1.807, 2.05) is 6.07 Å². The minimum absolute atomic E-state index is 0.0707. The normalized spacial score (nSPS) is 18.0. The van der Waals surface area contributed by atoms with E-state index in [-0.39, 0.29) is 17.9 Å². The molecule has 2 aromatic rings. The van der Waals surface area contributed by atoms with Crippen molar-refractivity contribution in [2.75, 3.05) is 20.8 Å². The second-order valence-electron chi connectivity index (χ2n) is 6.07. The van der Waals surface area contributed by atoms with Crippen LogP contribution >= 0.6 is 0 Å². The van der Waals surface area contributed by atoms with Gasteiger partial charge in [-0.25, -0.2) is 0 Å². The molecule has 2 aromatic carbocycles. The number of ketones is 1. The number of nitriles is 1. The Balaban J connectivity index is 2.22. The van der Waals surface area contributed by atoms with Crippen LogP contribution in [0.5, 0.6) is 11.5 Å². The highest BCUT2D eigenvalue weighted by Crippen LogP contribution is 2.41. The number of nitrogens with zero attached hydrogens (tertiary/aromatic N) is 2. The molecule has 3 rings (SSSR count). The molecule has 0 spiro atoms. The van der Waals surface area contributed by atoms with Crippen LogP contribution < -0.4 is 9.47 Å². The summed E-state index contributed by atoms with van der Waals surface area (Å²) >= 11 is 0. The second kappa shape index (κ2) is 7.84. The molecule has 0 bridgehead atoms. The van der Waals surface area contributed by atoms with Crippen molar-refractivity contribution in [1.29, 1.82) is 5.26 Å². The van der Waals surface area contributed by atoms with E-state index in [0.29, 0.717) is 22.6 Å². The van der Waals surface area contributed by atoms with Crippen molar-refractivity contribution in [1.82, 2.24) is 4.90 Å². The monoisotopic (exact) mass is 378 g/mol. The molecule has 1 aliphatic rings. The fourth-order valence-electron chi connectivity index (χ4n) is 3.24. The zero-order valence-electron chi connectivity index (χ0n) is 15.4. The summed E-state index contributed by atoms with van der Waals surface area (Å²) in [5.74, 6) is -1.08. The molecule has 1 saturated heterocycles. The number of benzene rings is 2. The number of amides is 1. The molecule has 1 aliphatic heterocycles. The highest BCUT2D eigenvalue weighted by atomic mass is 16.5. The summed E-state index contributed by atoms with van der Waals surface area (Å²) in [4.78, 5) is 26.4. The maximum atomic E-state index is 12.7. The molecular formula is C21H18N2O5. The van der Waals surface area contributed by atoms with Crippen LogP contribution in [0.3, 0.4) is 0 Å². The Kier molecular flexibility index (Phi) is 5.32. The standard InChI is InChI=1S/C21H18N2O5/c1-27-15-9-8-14(12-16(15)28-2)18-17(19(24)13-6-4-3-5-7-13)20(25)21(26)23(18)11-10-22/h3-9,12,18,24H,11H2,1-2H3/b19-17+. The van der Waals surface area contributed by atoms with Gasteiger partial charge in [-0.1, -0.05) is 36.4 Å². The van der Waals surface area contributed by atoms with E-state index in [9.17, 15) is 14.7 Å². The zero-order chi connectivity index (χ0) is 20.3. The Labute approximate surface area is 162 Å². The predicted octanol–water partition coefficient (Wildman–Crippen LogP) is 2.65. The minimum atomic E-state index is -0.917. The highest BCUT2D eigenvalue weighted by Gasteiger charge is 2.46. The Hall–Kier alpha value is -3.79. The van der Waals surface area contributed by atoms with Gasteiger partial charge < -0.3 is 19.5 Å². The number of rotatable bonds is 5. The van der Waals surface area contributed by atoms with Gasteiger partial charge >= 0.3 is 0 Å². The zero-order valence-corrected chi connectivity index (χ0v) is 15.4. The Bertz CT molecular complexity index is 992. The summed E-state index contributed by atoms with van der Waals surface area (Å²) < 4.78 is 10.5. The third-order valence-corrected chi connectivity index (χ3v) is 4.55. The summed E-state index contributed by atoms with van der Waals surface area (Å²) in [7, 11) is 2.96. The molecule has 0 aliphatic carbocycles. The average Bonchev–Trinajstić information content (AvgIpc) is 2.98. The first kappa shape index (κ1) is 19.0. The number of likely N-dealkylation sites (tertiary alicyclic amines) is 1. The summed E-state index contributed by atoms with van der Waals surface area (Å²) in [6.07, 6.45) is 0. The van der Waals surface area contributed by atoms with Crippen LogP contribution in [0.4, 0.5) is 0 Å². The minimum Gasteiger partial charge on any atom is -0.507 e. The van der Waals surface area contributed by atoms with Crippen molar-refractivity contribution in [3.8, 4) is 17.6 Å².